The molecule has 0 aliphatic rings. The quantitative estimate of drug-likeness (QED) is 0.858. The predicted octanol–water partition coefficient (Wildman–Crippen LogP) is 0.887. The van der Waals surface area contributed by atoms with Crippen LogP contribution in [0.25, 0.3) is 0 Å². The molecule has 1 aromatic heterocycles. The van der Waals surface area contributed by atoms with Crippen molar-refractivity contribution in [3.63, 3.8) is 0 Å². The minimum absolute atomic E-state index is 0.0232. The van der Waals surface area contributed by atoms with Gasteiger partial charge in [0.05, 0.1) is 6.04 Å². The predicted molar refractivity (Wildman–Crippen MR) is 72.9 cm³/mol. The molecule has 0 aliphatic carbocycles. The molecule has 0 bridgehead atoms. The van der Waals surface area contributed by atoms with Gasteiger partial charge in [-0.1, -0.05) is 19.9 Å². The van der Waals surface area contributed by atoms with E-state index < -0.39 is 6.04 Å². The Balaban J connectivity index is 2.81. The molecular formula is C14H20N2O3. The minimum Gasteiger partial charge on any atom is -0.344 e. The van der Waals surface area contributed by atoms with E-state index in [1.807, 2.05) is 13.8 Å². The fourth-order valence-electron chi connectivity index (χ4n) is 1.93. The summed E-state index contributed by atoms with van der Waals surface area (Å²) in [6, 6.07) is 4.32. The number of carbonyl (C=O) groups is 2. The van der Waals surface area contributed by atoms with Crippen LogP contribution in [0.1, 0.15) is 26.5 Å². The van der Waals surface area contributed by atoms with Gasteiger partial charge in [-0.2, -0.15) is 0 Å². The van der Waals surface area contributed by atoms with Crippen molar-refractivity contribution in [2.45, 2.75) is 40.3 Å². The summed E-state index contributed by atoms with van der Waals surface area (Å²) in [6.07, 6.45) is 0. The van der Waals surface area contributed by atoms with Crippen LogP contribution in [0.2, 0.25) is 0 Å². The molecule has 0 aromatic carbocycles. The second-order valence-corrected chi connectivity index (χ2v) is 4.99. The van der Waals surface area contributed by atoms with E-state index in [0.29, 0.717) is 5.69 Å². The van der Waals surface area contributed by atoms with E-state index in [4.69, 9.17) is 0 Å². The summed E-state index contributed by atoms with van der Waals surface area (Å²) in [5.41, 5.74) is 0.491. The van der Waals surface area contributed by atoms with Crippen molar-refractivity contribution in [2.75, 3.05) is 0 Å². The summed E-state index contributed by atoms with van der Waals surface area (Å²) in [7, 11) is 0. The first kappa shape index (κ1) is 15.1. The number of pyridine rings is 1. The van der Waals surface area contributed by atoms with Crippen LogP contribution in [-0.4, -0.2) is 22.3 Å². The lowest BCUT2D eigenvalue weighted by atomic mass is 10.0. The maximum Gasteiger partial charge on any atom is 0.251 e. The Hall–Kier alpha value is -1.91. The van der Waals surface area contributed by atoms with Gasteiger partial charge in [0.25, 0.3) is 5.56 Å². The second kappa shape index (κ2) is 6.31. The Bertz CT molecular complexity index is 532. The minimum atomic E-state index is -0.507. The van der Waals surface area contributed by atoms with Gasteiger partial charge >= 0.3 is 0 Å². The molecule has 0 spiro atoms. The molecule has 0 aliphatic heterocycles. The van der Waals surface area contributed by atoms with Crippen LogP contribution in [0, 0.1) is 12.8 Å². The molecule has 0 fully saturated rings. The fourth-order valence-corrected chi connectivity index (χ4v) is 1.93. The van der Waals surface area contributed by atoms with E-state index in [1.54, 1.807) is 19.1 Å². The van der Waals surface area contributed by atoms with Gasteiger partial charge in [-0.05, 0) is 25.8 Å². The number of carbonyl (C=O) groups excluding carboxylic acids is 2. The van der Waals surface area contributed by atoms with Crippen LogP contribution in [-0.2, 0) is 16.1 Å². The van der Waals surface area contributed by atoms with Gasteiger partial charge in [-0.25, -0.2) is 0 Å². The maximum absolute atomic E-state index is 11.9. The molecule has 1 rings (SSSR count). The van der Waals surface area contributed by atoms with Gasteiger partial charge in [0.2, 0.25) is 5.91 Å². The van der Waals surface area contributed by atoms with Crippen molar-refractivity contribution in [3.05, 3.63) is 34.2 Å². The second-order valence-electron chi connectivity index (χ2n) is 4.99. The van der Waals surface area contributed by atoms with Gasteiger partial charge in [-0.3, -0.25) is 14.4 Å². The Labute approximate surface area is 112 Å². The molecule has 0 saturated carbocycles. The summed E-state index contributed by atoms with van der Waals surface area (Å²) >= 11 is 0. The van der Waals surface area contributed by atoms with Crippen LogP contribution >= 0.6 is 0 Å². The molecule has 104 valence electrons. The highest BCUT2D eigenvalue weighted by Crippen LogP contribution is 2.03. The van der Waals surface area contributed by atoms with Crippen molar-refractivity contribution in [2.24, 2.45) is 5.92 Å². The molecule has 1 N–H and O–H groups in total. The molecule has 0 saturated heterocycles. The summed E-state index contributed by atoms with van der Waals surface area (Å²) in [4.78, 5) is 35.0. The number of nitrogens with one attached hydrogen (secondary N) is 1. The lowest BCUT2D eigenvalue weighted by Crippen LogP contribution is -2.45. The zero-order chi connectivity index (χ0) is 14.6. The number of hydrogen-bond donors (Lipinski definition) is 1. The van der Waals surface area contributed by atoms with Gasteiger partial charge in [-0.15, -0.1) is 0 Å². The summed E-state index contributed by atoms with van der Waals surface area (Å²) in [6.45, 7) is 6.88. The zero-order valence-electron chi connectivity index (χ0n) is 11.8. The van der Waals surface area contributed by atoms with Gasteiger partial charge in [0.1, 0.15) is 6.54 Å². The van der Waals surface area contributed by atoms with E-state index in [1.165, 1.54) is 17.6 Å². The lowest BCUT2D eigenvalue weighted by Gasteiger charge is -2.20. The first-order valence-corrected chi connectivity index (χ1v) is 6.29. The Kier molecular flexibility index (Phi) is 5.03. The van der Waals surface area contributed by atoms with Gasteiger partial charge in [0, 0.05) is 11.8 Å². The SMILES string of the molecule is CC(=O)C(NC(=O)Cn1c(C)cccc1=O)C(C)C. The van der Waals surface area contributed by atoms with E-state index in [2.05, 4.69) is 5.32 Å². The van der Waals surface area contributed by atoms with Crippen LogP contribution in [0.4, 0.5) is 0 Å². The Morgan fingerprint density at radius 3 is 2.42 bits per heavy atom. The highest BCUT2D eigenvalue weighted by Gasteiger charge is 2.20. The number of aryl methyl sites for hydroxylation is 1. The molecule has 1 amide bonds. The number of nitrogens with zero attached hydrogens (tertiary/aromatic N) is 1. The third-order valence-corrected chi connectivity index (χ3v) is 2.99. The molecule has 1 heterocycles. The average Bonchev–Trinajstić information content (AvgIpc) is 2.30. The first-order valence-electron chi connectivity index (χ1n) is 6.29. The molecule has 0 radical (unpaired) electrons. The van der Waals surface area contributed by atoms with E-state index >= 15 is 0 Å². The van der Waals surface area contributed by atoms with Crippen molar-refractivity contribution in [3.8, 4) is 0 Å². The Morgan fingerprint density at radius 2 is 1.95 bits per heavy atom. The topological polar surface area (TPSA) is 68.2 Å². The first-order chi connectivity index (χ1) is 8.82. The normalized spacial score (nSPS) is 12.3. The number of ketones is 1. The van der Waals surface area contributed by atoms with Crippen LogP contribution in [0.5, 0.6) is 0 Å². The van der Waals surface area contributed by atoms with Crippen LogP contribution in [0.15, 0.2) is 23.0 Å². The fraction of sp³-hybridized carbons (Fsp3) is 0.500. The van der Waals surface area contributed by atoms with Gasteiger partial charge in [0.15, 0.2) is 5.78 Å². The highest BCUT2D eigenvalue weighted by atomic mass is 16.2. The highest BCUT2D eigenvalue weighted by molar-refractivity contribution is 5.87. The molecule has 1 unspecified atom stereocenters. The van der Waals surface area contributed by atoms with Crippen LogP contribution in [0.3, 0.4) is 0 Å². The lowest BCUT2D eigenvalue weighted by molar-refractivity contribution is -0.128. The number of amides is 1. The van der Waals surface area contributed by atoms with Crippen molar-refractivity contribution in [1.82, 2.24) is 9.88 Å². The standard InChI is InChI=1S/C14H20N2O3/c1-9(2)14(11(4)17)15-12(18)8-16-10(3)6-5-7-13(16)19/h5-7,9,14H,8H2,1-4H3,(H,15,18). The number of aromatic nitrogens is 1. The number of Topliss-reactive ketones (excluding diaryl/α,β-unsaturated/α-hetero) is 1. The Morgan fingerprint density at radius 1 is 1.32 bits per heavy atom. The summed E-state index contributed by atoms with van der Waals surface area (Å²) in [5, 5.41) is 2.67. The maximum atomic E-state index is 11.9. The summed E-state index contributed by atoms with van der Waals surface area (Å²) < 4.78 is 1.38. The smallest absolute Gasteiger partial charge is 0.251 e. The van der Waals surface area contributed by atoms with Gasteiger partial charge < -0.3 is 9.88 Å². The largest absolute Gasteiger partial charge is 0.344 e. The summed E-state index contributed by atoms with van der Waals surface area (Å²) in [5.74, 6) is -0.388. The molecular weight excluding hydrogens is 244 g/mol. The third-order valence-electron chi connectivity index (χ3n) is 2.99. The molecule has 1 aromatic rings. The zero-order valence-corrected chi connectivity index (χ0v) is 11.8. The molecule has 5 heteroatoms. The number of rotatable bonds is 5. The molecule has 1 atom stereocenters. The number of hydrogen-bond acceptors (Lipinski definition) is 3. The molecule has 5 nitrogen and oxygen atoms in total. The van der Waals surface area contributed by atoms with Crippen molar-refractivity contribution < 1.29 is 9.59 Å². The van der Waals surface area contributed by atoms with E-state index in [9.17, 15) is 14.4 Å². The van der Waals surface area contributed by atoms with E-state index in [-0.39, 0.29) is 29.7 Å². The molecule has 19 heavy (non-hydrogen) atoms. The monoisotopic (exact) mass is 264 g/mol. The van der Waals surface area contributed by atoms with Crippen molar-refractivity contribution >= 4 is 11.7 Å². The third kappa shape index (κ3) is 4.05. The van der Waals surface area contributed by atoms with Crippen LogP contribution < -0.4 is 10.9 Å². The average molecular weight is 264 g/mol. The van der Waals surface area contributed by atoms with E-state index in [0.717, 1.165) is 0 Å². The van der Waals surface area contributed by atoms with Crippen molar-refractivity contribution in [1.29, 1.82) is 0 Å².